The van der Waals surface area contributed by atoms with E-state index in [4.69, 9.17) is 4.42 Å². The maximum Gasteiger partial charge on any atom is 0.290 e. The van der Waals surface area contributed by atoms with Gasteiger partial charge in [0.05, 0.1) is 4.90 Å². The van der Waals surface area contributed by atoms with E-state index in [1.807, 2.05) is 36.1 Å². The van der Waals surface area contributed by atoms with E-state index in [1.165, 1.54) is 5.56 Å². The van der Waals surface area contributed by atoms with Gasteiger partial charge in [0.2, 0.25) is 0 Å². The molecule has 1 amide bonds. The Balaban J connectivity index is 1.50. The third-order valence-corrected chi connectivity index (χ3v) is 6.68. The average molecular weight is 410 g/mol. The number of furan rings is 1. The molecule has 29 heavy (non-hydrogen) atoms. The lowest BCUT2D eigenvalue weighted by Crippen LogP contribution is -2.32. The molecule has 0 atom stereocenters. The summed E-state index contributed by atoms with van der Waals surface area (Å²) in [4.78, 5) is 15.1. The first-order chi connectivity index (χ1) is 13.9. The molecule has 1 fully saturated rings. The Morgan fingerprint density at radius 2 is 1.69 bits per heavy atom. The zero-order valence-corrected chi connectivity index (χ0v) is 17.1. The number of hydrogen-bond acceptors (Lipinski definition) is 4. The molecule has 1 saturated carbocycles. The molecule has 0 saturated heterocycles. The number of nitrogens with zero attached hydrogens (tertiary/aromatic N) is 1. The van der Waals surface area contributed by atoms with Crippen LogP contribution in [0.3, 0.4) is 0 Å². The van der Waals surface area contributed by atoms with Gasteiger partial charge in [-0.05, 0) is 49.6 Å². The summed E-state index contributed by atoms with van der Waals surface area (Å²) in [7, 11) is -3.52. The lowest BCUT2D eigenvalue weighted by atomic mass is 10.1. The van der Waals surface area contributed by atoms with Gasteiger partial charge in [0, 0.05) is 12.6 Å². The Kier molecular flexibility index (Phi) is 5.28. The number of amides is 1. The fourth-order valence-electron chi connectivity index (χ4n) is 3.25. The van der Waals surface area contributed by atoms with Crippen molar-refractivity contribution in [2.45, 2.75) is 43.0 Å². The normalized spacial score (nSPS) is 14.0. The molecular formula is C23H23NO4S. The summed E-state index contributed by atoms with van der Waals surface area (Å²) in [6, 6.07) is 19.7. The van der Waals surface area contributed by atoms with E-state index in [1.54, 1.807) is 42.5 Å². The fraction of sp³-hybridized carbons (Fsp3) is 0.261. The van der Waals surface area contributed by atoms with Crippen LogP contribution in [0, 0.1) is 6.92 Å². The lowest BCUT2D eigenvalue weighted by Gasteiger charge is -2.21. The molecular weight excluding hydrogens is 386 g/mol. The number of carbonyl (C=O) groups is 1. The minimum atomic E-state index is -3.52. The van der Waals surface area contributed by atoms with Crippen LogP contribution in [0.15, 0.2) is 76.0 Å². The first-order valence-electron chi connectivity index (χ1n) is 9.65. The van der Waals surface area contributed by atoms with Crippen molar-refractivity contribution in [2.24, 2.45) is 0 Å². The Hall–Kier alpha value is -2.86. The first kappa shape index (κ1) is 19.5. The van der Waals surface area contributed by atoms with Crippen molar-refractivity contribution in [3.8, 4) is 0 Å². The van der Waals surface area contributed by atoms with Gasteiger partial charge in [-0.15, -0.1) is 0 Å². The van der Waals surface area contributed by atoms with Crippen molar-refractivity contribution in [3.05, 3.63) is 89.4 Å². The second-order valence-corrected chi connectivity index (χ2v) is 9.48. The summed E-state index contributed by atoms with van der Waals surface area (Å²) in [6.45, 7) is 2.55. The van der Waals surface area contributed by atoms with Gasteiger partial charge in [0.25, 0.3) is 5.91 Å². The molecule has 0 spiro atoms. The Morgan fingerprint density at radius 1 is 1.00 bits per heavy atom. The van der Waals surface area contributed by atoms with E-state index in [9.17, 15) is 13.2 Å². The van der Waals surface area contributed by atoms with E-state index >= 15 is 0 Å². The van der Waals surface area contributed by atoms with Crippen LogP contribution in [0.25, 0.3) is 0 Å². The number of carbonyl (C=O) groups excluding carboxylic acids is 1. The topological polar surface area (TPSA) is 67.6 Å². The van der Waals surface area contributed by atoms with E-state index in [0.29, 0.717) is 6.54 Å². The monoisotopic (exact) mass is 409 g/mol. The van der Waals surface area contributed by atoms with Crippen molar-refractivity contribution in [2.75, 3.05) is 0 Å². The first-order valence-corrected chi connectivity index (χ1v) is 11.3. The van der Waals surface area contributed by atoms with Crippen molar-refractivity contribution in [1.82, 2.24) is 4.90 Å². The minimum absolute atomic E-state index is 0.183. The van der Waals surface area contributed by atoms with Gasteiger partial charge in [-0.1, -0.05) is 48.0 Å². The van der Waals surface area contributed by atoms with E-state index in [0.717, 1.165) is 18.4 Å². The van der Waals surface area contributed by atoms with Gasteiger partial charge in [-0.3, -0.25) is 4.79 Å². The average Bonchev–Trinajstić information content (AvgIpc) is 3.46. The summed E-state index contributed by atoms with van der Waals surface area (Å²) in [6.07, 6.45) is 1.96. The third-order valence-electron chi connectivity index (χ3n) is 5.03. The fourth-order valence-corrected chi connectivity index (χ4v) is 4.52. The second-order valence-electron chi connectivity index (χ2n) is 7.49. The largest absolute Gasteiger partial charge is 0.455 e. The summed E-state index contributed by atoms with van der Waals surface area (Å²) in [5, 5.41) is 0. The van der Waals surface area contributed by atoms with Crippen LogP contribution in [0.4, 0.5) is 0 Å². The number of aryl methyl sites for hydroxylation is 1. The number of sulfone groups is 1. The molecule has 6 heteroatoms. The van der Waals surface area contributed by atoms with Crippen LogP contribution in [-0.2, 0) is 22.1 Å². The highest BCUT2D eigenvalue weighted by Crippen LogP contribution is 2.30. The molecule has 5 nitrogen and oxygen atoms in total. The quantitative estimate of drug-likeness (QED) is 0.581. The maximum atomic E-state index is 13.0. The van der Waals surface area contributed by atoms with Crippen LogP contribution in [0.1, 0.15) is 40.3 Å². The molecule has 2 aromatic carbocycles. The van der Waals surface area contributed by atoms with Gasteiger partial charge < -0.3 is 9.32 Å². The van der Waals surface area contributed by atoms with Crippen molar-refractivity contribution < 1.29 is 17.6 Å². The SMILES string of the molecule is Cc1ccc(CN(C(=O)c2ccc(CS(=O)(=O)c3ccccc3)o2)C2CC2)cc1. The summed E-state index contributed by atoms with van der Waals surface area (Å²) in [5.74, 6) is -0.0203. The van der Waals surface area contributed by atoms with Gasteiger partial charge >= 0.3 is 0 Å². The molecule has 0 unspecified atom stereocenters. The molecule has 1 heterocycles. The Bertz CT molecular complexity index is 1100. The second kappa shape index (κ2) is 7.87. The predicted octanol–water partition coefficient (Wildman–Crippen LogP) is 4.37. The van der Waals surface area contributed by atoms with Gasteiger partial charge in [-0.2, -0.15) is 0 Å². The van der Waals surface area contributed by atoms with Crippen LogP contribution in [-0.4, -0.2) is 25.3 Å². The van der Waals surface area contributed by atoms with E-state index in [-0.39, 0.29) is 34.1 Å². The summed E-state index contributed by atoms with van der Waals surface area (Å²) < 4.78 is 30.7. The molecule has 1 aromatic heterocycles. The van der Waals surface area contributed by atoms with Crippen molar-refractivity contribution >= 4 is 15.7 Å². The zero-order valence-electron chi connectivity index (χ0n) is 16.2. The van der Waals surface area contributed by atoms with E-state index < -0.39 is 9.84 Å². The van der Waals surface area contributed by atoms with Crippen LogP contribution in [0.5, 0.6) is 0 Å². The van der Waals surface area contributed by atoms with Crippen molar-refractivity contribution in [3.63, 3.8) is 0 Å². The highest BCUT2D eigenvalue weighted by Gasteiger charge is 2.34. The van der Waals surface area contributed by atoms with E-state index in [2.05, 4.69) is 0 Å². The molecule has 0 aliphatic heterocycles. The lowest BCUT2D eigenvalue weighted by molar-refractivity contribution is 0.0696. The third kappa shape index (κ3) is 4.59. The van der Waals surface area contributed by atoms with Gasteiger partial charge in [0.15, 0.2) is 15.6 Å². The predicted molar refractivity (Wildman–Crippen MR) is 110 cm³/mol. The van der Waals surface area contributed by atoms with Crippen LogP contribution in [0.2, 0.25) is 0 Å². The molecule has 3 aromatic rings. The molecule has 4 rings (SSSR count). The van der Waals surface area contributed by atoms with Crippen LogP contribution < -0.4 is 0 Å². The molecule has 1 aliphatic rings. The summed E-state index contributed by atoms with van der Waals surface area (Å²) in [5.41, 5.74) is 2.24. The molecule has 150 valence electrons. The zero-order chi connectivity index (χ0) is 20.4. The Labute approximate surface area is 170 Å². The number of hydrogen-bond donors (Lipinski definition) is 0. The molecule has 0 radical (unpaired) electrons. The highest BCUT2D eigenvalue weighted by atomic mass is 32.2. The van der Waals surface area contributed by atoms with Crippen molar-refractivity contribution in [1.29, 1.82) is 0 Å². The minimum Gasteiger partial charge on any atom is -0.455 e. The smallest absolute Gasteiger partial charge is 0.290 e. The van der Waals surface area contributed by atoms with Gasteiger partial charge in [-0.25, -0.2) is 8.42 Å². The van der Waals surface area contributed by atoms with Crippen LogP contribution >= 0.6 is 0 Å². The number of rotatable bonds is 7. The Morgan fingerprint density at radius 3 is 2.34 bits per heavy atom. The molecule has 1 aliphatic carbocycles. The summed E-state index contributed by atoms with van der Waals surface area (Å²) >= 11 is 0. The standard InChI is InChI=1S/C23H23NO4S/c1-17-7-9-18(10-8-17)15-24(19-11-12-19)23(25)22-14-13-20(28-22)16-29(26,27)21-5-3-2-4-6-21/h2-10,13-14,19H,11-12,15-16H2,1H3. The maximum absolute atomic E-state index is 13.0. The molecule has 0 bridgehead atoms. The molecule has 0 N–H and O–H groups in total. The van der Waals surface area contributed by atoms with Gasteiger partial charge in [0.1, 0.15) is 11.5 Å². The number of benzene rings is 2. The highest BCUT2D eigenvalue weighted by molar-refractivity contribution is 7.90.